The van der Waals surface area contributed by atoms with Crippen LogP contribution in [0.3, 0.4) is 0 Å². The molecule has 1 aliphatic carbocycles. The predicted octanol–water partition coefficient (Wildman–Crippen LogP) is 3.94. The van der Waals surface area contributed by atoms with Gasteiger partial charge in [0.05, 0.1) is 12.2 Å². The first-order chi connectivity index (χ1) is 11.2. The minimum atomic E-state index is -0.313. The number of aliphatic imine (C=N–C) groups is 1. The Morgan fingerprint density at radius 1 is 1.17 bits per heavy atom. The molecule has 1 aromatic carbocycles. The van der Waals surface area contributed by atoms with Gasteiger partial charge in [0.2, 0.25) is 0 Å². The van der Waals surface area contributed by atoms with Crippen LogP contribution in [0.4, 0.5) is 4.39 Å². The molecule has 0 fully saturated rings. The van der Waals surface area contributed by atoms with Crippen LogP contribution in [0.5, 0.6) is 0 Å². The standard InChI is InChI=1S/C18H18FN3S/c19-15-6-14(8-21-9-15)12-5-4-11-2-1-3-13-10-23-18(20)22-17(13)16(11)7-12/h4-9,13,17H,1-3,10H2,(H2,20,22). The molecule has 2 aromatic rings. The quantitative estimate of drug-likeness (QED) is 0.863. The highest BCUT2D eigenvalue weighted by Crippen LogP contribution is 2.42. The average Bonchev–Trinajstić information content (AvgIpc) is 2.73. The summed E-state index contributed by atoms with van der Waals surface area (Å²) >= 11 is 1.66. The van der Waals surface area contributed by atoms with Crippen LogP contribution < -0.4 is 5.73 Å². The highest BCUT2D eigenvalue weighted by Gasteiger charge is 2.31. The van der Waals surface area contributed by atoms with Crippen molar-refractivity contribution >= 4 is 16.9 Å². The topological polar surface area (TPSA) is 51.3 Å². The van der Waals surface area contributed by atoms with Crippen LogP contribution >= 0.6 is 11.8 Å². The van der Waals surface area contributed by atoms with E-state index in [1.54, 1.807) is 18.0 Å². The van der Waals surface area contributed by atoms with Gasteiger partial charge in [-0.25, -0.2) is 4.39 Å². The van der Waals surface area contributed by atoms with E-state index in [0.29, 0.717) is 11.1 Å². The van der Waals surface area contributed by atoms with Crippen LogP contribution in [-0.4, -0.2) is 15.9 Å². The number of nitrogens with two attached hydrogens (primary N) is 1. The summed E-state index contributed by atoms with van der Waals surface area (Å²) in [4.78, 5) is 8.68. The van der Waals surface area contributed by atoms with E-state index in [4.69, 9.17) is 10.7 Å². The first kappa shape index (κ1) is 14.7. The van der Waals surface area contributed by atoms with E-state index >= 15 is 0 Å². The molecule has 0 radical (unpaired) electrons. The van der Waals surface area contributed by atoms with Crippen molar-refractivity contribution < 1.29 is 4.39 Å². The Morgan fingerprint density at radius 2 is 2.09 bits per heavy atom. The maximum atomic E-state index is 13.5. The van der Waals surface area contributed by atoms with Gasteiger partial charge in [-0.1, -0.05) is 23.9 Å². The number of benzene rings is 1. The molecule has 0 spiro atoms. The molecule has 2 atom stereocenters. The molecular formula is C18H18FN3S. The van der Waals surface area contributed by atoms with E-state index < -0.39 is 0 Å². The first-order valence-corrected chi connectivity index (χ1v) is 8.89. The third-order valence-corrected chi connectivity index (χ3v) is 5.68. The van der Waals surface area contributed by atoms with Gasteiger partial charge >= 0.3 is 0 Å². The second-order valence-corrected chi connectivity index (χ2v) is 7.22. The third-order valence-electron chi connectivity index (χ3n) is 4.68. The molecular weight excluding hydrogens is 309 g/mol. The molecule has 23 heavy (non-hydrogen) atoms. The minimum Gasteiger partial charge on any atom is -0.379 e. The Bertz CT molecular complexity index is 775. The lowest BCUT2D eigenvalue weighted by Gasteiger charge is -2.27. The van der Waals surface area contributed by atoms with Crippen LogP contribution in [-0.2, 0) is 6.42 Å². The normalized spacial score (nSPS) is 23.4. The minimum absolute atomic E-state index is 0.134. The Hall–Kier alpha value is -1.88. The fourth-order valence-electron chi connectivity index (χ4n) is 3.53. The molecule has 2 N–H and O–H groups in total. The molecule has 2 aliphatic rings. The van der Waals surface area contributed by atoms with Crippen LogP contribution in [0.25, 0.3) is 11.1 Å². The summed E-state index contributed by atoms with van der Waals surface area (Å²) in [6.45, 7) is 0. The van der Waals surface area contributed by atoms with Crippen LogP contribution in [0.1, 0.15) is 30.0 Å². The zero-order valence-electron chi connectivity index (χ0n) is 12.7. The van der Waals surface area contributed by atoms with Crippen molar-refractivity contribution in [1.82, 2.24) is 4.98 Å². The number of thioether (sulfide) groups is 1. The van der Waals surface area contributed by atoms with Crippen molar-refractivity contribution in [2.75, 3.05) is 5.75 Å². The Morgan fingerprint density at radius 3 is 2.96 bits per heavy atom. The van der Waals surface area contributed by atoms with Crippen LogP contribution in [0, 0.1) is 11.7 Å². The fourth-order valence-corrected chi connectivity index (χ4v) is 4.45. The zero-order chi connectivity index (χ0) is 15.8. The summed E-state index contributed by atoms with van der Waals surface area (Å²) in [5, 5.41) is 0.678. The molecule has 118 valence electrons. The Kier molecular flexibility index (Phi) is 3.81. The van der Waals surface area contributed by atoms with Gasteiger partial charge in [0.15, 0.2) is 5.17 Å². The van der Waals surface area contributed by atoms with E-state index in [0.717, 1.165) is 23.3 Å². The summed E-state index contributed by atoms with van der Waals surface area (Å²) < 4.78 is 13.5. The van der Waals surface area contributed by atoms with Gasteiger partial charge < -0.3 is 5.73 Å². The smallest absolute Gasteiger partial charge is 0.154 e. The molecule has 0 bridgehead atoms. The van der Waals surface area contributed by atoms with Gasteiger partial charge in [-0.2, -0.15) is 0 Å². The number of amidine groups is 1. The molecule has 5 heteroatoms. The number of aromatic nitrogens is 1. The van der Waals surface area contributed by atoms with Gasteiger partial charge in [-0.05, 0) is 54.0 Å². The van der Waals surface area contributed by atoms with Gasteiger partial charge in [0, 0.05) is 17.5 Å². The van der Waals surface area contributed by atoms with Crippen LogP contribution in [0.2, 0.25) is 0 Å². The summed E-state index contributed by atoms with van der Waals surface area (Å²) in [6.07, 6.45) is 6.37. The van der Waals surface area contributed by atoms with E-state index in [1.807, 2.05) is 0 Å². The van der Waals surface area contributed by atoms with Crippen molar-refractivity contribution in [3.05, 3.63) is 53.6 Å². The lowest BCUT2D eigenvalue weighted by molar-refractivity contribution is 0.448. The molecule has 0 saturated carbocycles. The van der Waals surface area contributed by atoms with Crippen molar-refractivity contribution in [2.45, 2.75) is 25.3 Å². The van der Waals surface area contributed by atoms with Crippen LogP contribution in [0.15, 0.2) is 41.7 Å². The van der Waals surface area contributed by atoms with E-state index in [-0.39, 0.29) is 11.9 Å². The SMILES string of the molecule is NC1=NC2c3cc(-c4cncc(F)c4)ccc3CCCC2CS1. The number of aryl methyl sites for hydroxylation is 1. The van der Waals surface area contributed by atoms with Crippen molar-refractivity contribution in [3.8, 4) is 11.1 Å². The second kappa shape index (κ2) is 5.96. The number of pyridine rings is 1. The van der Waals surface area contributed by atoms with E-state index in [1.165, 1.54) is 36.2 Å². The first-order valence-electron chi connectivity index (χ1n) is 7.90. The third kappa shape index (κ3) is 2.85. The zero-order valence-corrected chi connectivity index (χ0v) is 13.5. The molecule has 0 saturated heterocycles. The lowest BCUT2D eigenvalue weighted by Crippen LogP contribution is -2.24. The fraction of sp³-hybridized carbons (Fsp3) is 0.333. The van der Waals surface area contributed by atoms with Gasteiger partial charge in [0.25, 0.3) is 0 Å². The molecule has 1 aromatic heterocycles. The maximum absolute atomic E-state index is 13.5. The lowest BCUT2D eigenvalue weighted by atomic mass is 9.90. The predicted molar refractivity (Wildman–Crippen MR) is 92.9 cm³/mol. The summed E-state index contributed by atoms with van der Waals surface area (Å²) in [5.41, 5.74) is 10.4. The molecule has 0 amide bonds. The van der Waals surface area contributed by atoms with Gasteiger partial charge in [0.1, 0.15) is 5.82 Å². The summed E-state index contributed by atoms with van der Waals surface area (Å²) in [6, 6.07) is 8.03. The average molecular weight is 327 g/mol. The van der Waals surface area contributed by atoms with Crippen molar-refractivity contribution in [2.24, 2.45) is 16.6 Å². The Labute approximate surface area is 139 Å². The number of hydrogen-bond donors (Lipinski definition) is 1. The molecule has 3 nitrogen and oxygen atoms in total. The molecule has 2 heterocycles. The largest absolute Gasteiger partial charge is 0.379 e. The van der Waals surface area contributed by atoms with E-state index in [2.05, 4.69) is 23.2 Å². The highest BCUT2D eigenvalue weighted by molar-refractivity contribution is 8.13. The Balaban J connectivity index is 1.81. The number of hydrogen-bond acceptors (Lipinski definition) is 4. The summed E-state index contributed by atoms with van der Waals surface area (Å²) in [5.74, 6) is 1.26. The maximum Gasteiger partial charge on any atom is 0.154 e. The number of rotatable bonds is 1. The van der Waals surface area contributed by atoms with E-state index in [9.17, 15) is 4.39 Å². The monoisotopic (exact) mass is 327 g/mol. The highest BCUT2D eigenvalue weighted by atomic mass is 32.2. The molecule has 2 unspecified atom stereocenters. The molecule has 4 rings (SSSR count). The number of fused-ring (bicyclic) bond motifs is 3. The van der Waals surface area contributed by atoms with Crippen molar-refractivity contribution in [3.63, 3.8) is 0 Å². The number of halogens is 1. The van der Waals surface area contributed by atoms with Crippen molar-refractivity contribution in [1.29, 1.82) is 0 Å². The van der Waals surface area contributed by atoms with Gasteiger partial charge in [-0.15, -0.1) is 0 Å². The molecule has 1 aliphatic heterocycles. The second-order valence-electron chi connectivity index (χ2n) is 6.18. The van der Waals surface area contributed by atoms with Gasteiger partial charge in [-0.3, -0.25) is 9.98 Å². The number of nitrogens with zero attached hydrogens (tertiary/aromatic N) is 2. The summed E-state index contributed by atoms with van der Waals surface area (Å²) in [7, 11) is 0.